The number of aliphatic imine (C=N–C) groups is 1. The predicted molar refractivity (Wildman–Crippen MR) is 124 cm³/mol. The van der Waals surface area contributed by atoms with Gasteiger partial charge in [0, 0.05) is 28.4 Å². The van der Waals surface area contributed by atoms with Crippen molar-refractivity contribution in [1.82, 2.24) is 15.0 Å². The van der Waals surface area contributed by atoms with E-state index in [1.54, 1.807) is 6.33 Å². The number of rotatable bonds is 6. The maximum atomic E-state index is 10.7. The first-order valence-corrected chi connectivity index (χ1v) is 10.3. The van der Waals surface area contributed by atoms with Crippen molar-refractivity contribution >= 4 is 22.3 Å². The second-order valence-corrected chi connectivity index (χ2v) is 7.46. The Labute approximate surface area is 180 Å². The Morgan fingerprint density at radius 1 is 0.871 bits per heavy atom. The van der Waals surface area contributed by atoms with Crippen LogP contribution in [0.5, 0.6) is 5.88 Å². The van der Waals surface area contributed by atoms with Gasteiger partial charge in [-0.05, 0) is 36.6 Å². The summed E-state index contributed by atoms with van der Waals surface area (Å²) in [6.07, 6.45) is 5.42. The highest BCUT2D eigenvalue weighted by molar-refractivity contribution is 6.21. The van der Waals surface area contributed by atoms with E-state index in [2.05, 4.69) is 27.1 Å². The molecular formula is C26H22N4O. The molecule has 0 atom stereocenters. The number of benzene rings is 3. The van der Waals surface area contributed by atoms with Crippen LogP contribution in [-0.4, -0.2) is 25.8 Å². The molecule has 152 valence electrons. The van der Waals surface area contributed by atoms with E-state index in [0.29, 0.717) is 5.56 Å². The van der Waals surface area contributed by atoms with Crippen molar-refractivity contribution in [3.05, 3.63) is 114 Å². The average molecular weight is 406 g/mol. The number of para-hydroxylation sites is 1. The van der Waals surface area contributed by atoms with E-state index in [1.807, 2.05) is 72.9 Å². The van der Waals surface area contributed by atoms with Gasteiger partial charge < -0.3 is 15.1 Å². The Morgan fingerprint density at radius 3 is 2.42 bits per heavy atom. The number of aromatic nitrogens is 3. The molecule has 0 amide bonds. The van der Waals surface area contributed by atoms with Gasteiger partial charge in [0.2, 0.25) is 0 Å². The van der Waals surface area contributed by atoms with Crippen molar-refractivity contribution in [2.75, 3.05) is 0 Å². The number of nitrogens with one attached hydrogen (secondary N) is 2. The lowest BCUT2D eigenvalue weighted by Crippen LogP contribution is -2.02. The lowest BCUT2D eigenvalue weighted by Gasteiger charge is -2.08. The Morgan fingerprint density at radius 2 is 1.65 bits per heavy atom. The molecule has 2 aromatic heterocycles. The molecular weight excluding hydrogens is 384 g/mol. The van der Waals surface area contributed by atoms with Gasteiger partial charge in [0.25, 0.3) is 0 Å². The van der Waals surface area contributed by atoms with Gasteiger partial charge in [-0.2, -0.15) is 0 Å². The summed E-state index contributed by atoms with van der Waals surface area (Å²) in [6, 6.07) is 26.1. The molecule has 0 bridgehead atoms. The zero-order chi connectivity index (χ0) is 21.0. The van der Waals surface area contributed by atoms with Crippen molar-refractivity contribution < 1.29 is 5.11 Å². The number of H-pyrrole nitrogens is 2. The zero-order valence-electron chi connectivity index (χ0n) is 16.9. The van der Waals surface area contributed by atoms with Gasteiger partial charge in [-0.3, -0.25) is 0 Å². The Bertz CT molecular complexity index is 1320. The lowest BCUT2D eigenvalue weighted by molar-refractivity contribution is 0.457. The molecule has 31 heavy (non-hydrogen) atoms. The molecule has 0 unspecified atom stereocenters. The quantitative estimate of drug-likeness (QED) is 0.323. The van der Waals surface area contributed by atoms with E-state index >= 15 is 0 Å². The maximum Gasteiger partial charge on any atom is 0.199 e. The highest BCUT2D eigenvalue weighted by Gasteiger charge is 2.18. The van der Waals surface area contributed by atoms with Crippen molar-refractivity contribution in [3.63, 3.8) is 0 Å². The molecule has 2 heterocycles. The molecule has 0 saturated heterocycles. The molecule has 0 radical (unpaired) electrons. The topological polar surface area (TPSA) is 77.1 Å². The number of aromatic amines is 2. The minimum atomic E-state index is 0.125. The SMILES string of the molecule is Oc1[nH]c2ccccc2c1C(=Nc1ccc(CCc2cnc[nH]2)cc1)c1ccccc1. The molecule has 0 saturated carbocycles. The summed E-state index contributed by atoms with van der Waals surface area (Å²) < 4.78 is 0. The molecule has 5 rings (SSSR count). The van der Waals surface area contributed by atoms with Gasteiger partial charge in [0.1, 0.15) is 0 Å². The Hall–Kier alpha value is -4.12. The third kappa shape index (κ3) is 3.98. The van der Waals surface area contributed by atoms with Gasteiger partial charge in [0.15, 0.2) is 5.88 Å². The number of aryl methyl sites for hydroxylation is 2. The fourth-order valence-electron chi connectivity index (χ4n) is 3.79. The fourth-order valence-corrected chi connectivity index (χ4v) is 3.79. The molecule has 0 aliphatic heterocycles. The molecule has 0 fully saturated rings. The van der Waals surface area contributed by atoms with Crippen LogP contribution in [0.1, 0.15) is 22.4 Å². The lowest BCUT2D eigenvalue weighted by atomic mass is 10.0. The summed E-state index contributed by atoms with van der Waals surface area (Å²) in [4.78, 5) is 15.2. The molecule has 3 aromatic carbocycles. The highest BCUT2D eigenvalue weighted by atomic mass is 16.3. The summed E-state index contributed by atoms with van der Waals surface area (Å²) in [6.45, 7) is 0. The summed E-state index contributed by atoms with van der Waals surface area (Å²) in [5.41, 5.74) is 6.49. The first-order chi connectivity index (χ1) is 15.3. The standard InChI is InChI=1S/C26H22N4O/c31-26-24(22-8-4-5-9-23(22)30-26)25(19-6-2-1-3-7-19)29-20-13-10-18(11-14-20)12-15-21-16-27-17-28-21/h1-11,13-14,16-17,30-31H,12,15H2,(H,27,28). The second kappa shape index (κ2) is 8.32. The molecule has 0 aliphatic carbocycles. The number of aromatic hydroxyl groups is 1. The van der Waals surface area contributed by atoms with E-state index < -0.39 is 0 Å². The largest absolute Gasteiger partial charge is 0.494 e. The first kappa shape index (κ1) is 18.9. The number of nitrogens with zero attached hydrogens (tertiary/aromatic N) is 2. The van der Waals surface area contributed by atoms with E-state index in [0.717, 1.165) is 46.4 Å². The third-order valence-electron chi connectivity index (χ3n) is 5.39. The second-order valence-electron chi connectivity index (χ2n) is 7.46. The minimum Gasteiger partial charge on any atom is -0.494 e. The Balaban J connectivity index is 1.52. The average Bonchev–Trinajstić information content (AvgIpc) is 3.45. The van der Waals surface area contributed by atoms with Gasteiger partial charge in [-0.15, -0.1) is 0 Å². The van der Waals surface area contributed by atoms with Gasteiger partial charge >= 0.3 is 0 Å². The highest BCUT2D eigenvalue weighted by Crippen LogP contribution is 2.31. The van der Waals surface area contributed by atoms with E-state index in [4.69, 9.17) is 4.99 Å². The monoisotopic (exact) mass is 406 g/mol. The maximum absolute atomic E-state index is 10.7. The number of imidazole rings is 1. The fraction of sp³-hybridized carbons (Fsp3) is 0.0769. The van der Waals surface area contributed by atoms with Crippen molar-refractivity contribution in [1.29, 1.82) is 0 Å². The van der Waals surface area contributed by atoms with Crippen LogP contribution in [-0.2, 0) is 12.8 Å². The predicted octanol–water partition coefficient (Wildman–Crippen LogP) is 5.55. The summed E-state index contributed by atoms with van der Waals surface area (Å²) in [5.74, 6) is 0.125. The summed E-state index contributed by atoms with van der Waals surface area (Å²) in [7, 11) is 0. The van der Waals surface area contributed by atoms with Gasteiger partial charge in [-0.1, -0.05) is 60.7 Å². The van der Waals surface area contributed by atoms with Crippen LogP contribution >= 0.6 is 0 Å². The molecule has 5 nitrogen and oxygen atoms in total. The van der Waals surface area contributed by atoms with Crippen LogP contribution in [0.15, 0.2) is 96.4 Å². The molecule has 5 aromatic rings. The van der Waals surface area contributed by atoms with Crippen LogP contribution in [0.25, 0.3) is 10.9 Å². The van der Waals surface area contributed by atoms with Crippen LogP contribution in [0.3, 0.4) is 0 Å². The first-order valence-electron chi connectivity index (χ1n) is 10.3. The molecule has 5 heteroatoms. The zero-order valence-corrected chi connectivity index (χ0v) is 16.9. The van der Waals surface area contributed by atoms with Gasteiger partial charge in [0.05, 0.1) is 23.3 Å². The minimum absolute atomic E-state index is 0.125. The van der Waals surface area contributed by atoms with Gasteiger partial charge in [-0.25, -0.2) is 9.98 Å². The third-order valence-corrected chi connectivity index (χ3v) is 5.39. The van der Waals surface area contributed by atoms with Crippen LogP contribution in [0, 0.1) is 0 Å². The smallest absolute Gasteiger partial charge is 0.199 e. The normalized spacial score (nSPS) is 11.8. The molecule has 0 spiro atoms. The van der Waals surface area contributed by atoms with Crippen molar-refractivity contribution in [3.8, 4) is 5.88 Å². The van der Waals surface area contributed by atoms with Crippen molar-refractivity contribution in [2.24, 2.45) is 4.99 Å². The summed E-state index contributed by atoms with van der Waals surface area (Å²) in [5, 5.41) is 11.6. The summed E-state index contributed by atoms with van der Waals surface area (Å²) >= 11 is 0. The Kier molecular flexibility index (Phi) is 5.07. The number of fused-ring (bicyclic) bond motifs is 1. The van der Waals surface area contributed by atoms with E-state index in [-0.39, 0.29) is 5.88 Å². The molecule has 3 N–H and O–H groups in total. The van der Waals surface area contributed by atoms with Crippen LogP contribution < -0.4 is 0 Å². The van der Waals surface area contributed by atoms with E-state index in [1.165, 1.54) is 5.56 Å². The number of hydrogen-bond acceptors (Lipinski definition) is 3. The van der Waals surface area contributed by atoms with Crippen molar-refractivity contribution in [2.45, 2.75) is 12.8 Å². The van der Waals surface area contributed by atoms with E-state index in [9.17, 15) is 5.11 Å². The van der Waals surface area contributed by atoms with Crippen LogP contribution in [0.2, 0.25) is 0 Å². The van der Waals surface area contributed by atoms with Crippen LogP contribution in [0.4, 0.5) is 5.69 Å². The molecule has 0 aliphatic rings. The number of hydrogen-bond donors (Lipinski definition) is 3.